The van der Waals surface area contributed by atoms with E-state index in [4.69, 9.17) is 12.2 Å². The Bertz CT molecular complexity index is 1100. The van der Waals surface area contributed by atoms with E-state index >= 15 is 0 Å². The van der Waals surface area contributed by atoms with E-state index in [0.29, 0.717) is 17.6 Å². The molecule has 4 aromatic rings. The van der Waals surface area contributed by atoms with Crippen molar-refractivity contribution >= 4 is 39.7 Å². The minimum atomic E-state index is 0.458. The van der Waals surface area contributed by atoms with Crippen molar-refractivity contribution in [3.05, 3.63) is 84.2 Å². The van der Waals surface area contributed by atoms with E-state index in [1.165, 1.54) is 11.1 Å². The summed E-state index contributed by atoms with van der Waals surface area (Å²) in [4.78, 5) is 4.29. The van der Waals surface area contributed by atoms with Gasteiger partial charge in [-0.2, -0.15) is 0 Å². The van der Waals surface area contributed by atoms with Crippen LogP contribution in [0.25, 0.3) is 10.8 Å². The molecular formula is C21H19N5S. The Balaban J connectivity index is 1.43. The first kappa shape index (κ1) is 17.2. The summed E-state index contributed by atoms with van der Waals surface area (Å²) in [5, 5.41) is 13.5. The summed E-state index contributed by atoms with van der Waals surface area (Å²) in [6.07, 6.45) is 1.70. The smallest absolute Gasteiger partial charge is 0.248 e. The molecule has 0 aliphatic rings. The zero-order chi connectivity index (χ0) is 18.6. The second-order valence-electron chi connectivity index (χ2n) is 6.36. The molecule has 0 bridgehead atoms. The van der Waals surface area contributed by atoms with Crippen LogP contribution in [-0.4, -0.2) is 19.9 Å². The molecule has 0 radical (unpaired) electrons. The van der Waals surface area contributed by atoms with Crippen LogP contribution in [0.15, 0.2) is 73.1 Å². The third kappa shape index (κ3) is 4.12. The molecule has 0 atom stereocenters. The number of hydrogen-bond acceptors (Lipinski definition) is 3. The fourth-order valence-electron chi connectivity index (χ4n) is 3.02. The lowest BCUT2D eigenvalue weighted by Gasteiger charge is -2.10. The summed E-state index contributed by atoms with van der Waals surface area (Å²) < 4.78 is 1.79. The first-order valence-corrected chi connectivity index (χ1v) is 9.09. The van der Waals surface area contributed by atoms with Gasteiger partial charge < -0.3 is 5.32 Å². The molecule has 2 N–H and O–H groups in total. The zero-order valence-corrected chi connectivity index (χ0v) is 15.7. The maximum absolute atomic E-state index is 5.43. The number of thiocarbonyl (C=S) groups is 1. The monoisotopic (exact) mass is 373 g/mol. The summed E-state index contributed by atoms with van der Waals surface area (Å²) >= 11 is 5.43. The number of aromatic nitrogens is 3. The first-order valence-electron chi connectivity index (χ1n) is 8.68. The first-order chi connectivity index (χ1) is 13.2. The van der Waals surface area contributed by atoms with Crippen molar-refractivity contribution in [3.63, 3.8) is 0 Å². The third-order valence-electron chi connectivity index (χ3n) is 4.23. The van der Waals surface area contributed by atoms with E-state index in [1.54, 1.807) is 11.0 Å². The Hall–Kier alpha value is -3.25. The van der Waals surface area contributed by atoms with E-state index in [9.17, 15) is 0 Å². The topological polar surface area (TPSA) is 54.8 Å². The van der Waals surface area contributed by atoms with Crippen molar-refractivity contribution in [2.75, 3.05) is 10.6 Å². The molecule has 6 heteroatoms. The molecule has 0 aliphatic carbocycles. The highest BCUT2D eigenvalue weighted by atomic mass is 32.1. The average molecular weight is 373 g/mol. The predicted octanol–water partition coefficient (Wildman–Crippen LogP) is 4.60. The maximum Gasteiger partial charge on any atom is 0.248 e. The third-order valence-corrected chi connectivity index (χ3v) is 4.43. The van der Waals surface area contributed by atoms with Crippen molar-refractivity contribution in [1.82, 2.24) is 14.8 Å². The van der Waals surface area contributed by atoms with Crippen LogP contribution in [0.4, 0.5) is 11.6 Å². The second-order valence-corrected chi connectivity index (χ2v) is 6.77. The molecule has 0 saturated heterocycles. The van der Waals surface area contributed by atoms with Gasteiger partial charge >= 0.3 is 0 Å². The van der Waals surface area contributed by atoms with Crippen LogP contribution in [0.5, 0.6) is 0 Å². The van der Waals surface area contributed by atoms with Crippen LogP contribution in [-0.2, 0) is 6.54 Å². The molecule has 0 fully saturated rings. The summed E-state index contributed by atoms with van der Waals surface area (Å²) in [7, 11) is 0. The lowest BCUT2D eigenvalue weighted by Crippen LogP contribution is -2.20. The largest absolute Gasteiger partial charge is 0.332 e. The summed E-state index contributed by atoms with van der Waals surface area (Å²) in [5.74, 6) is 0.473. The second kappa shape index (κ2) is 7.55. The van der Waals surface area contributed by atoms with Gasteiger partial charge in [-0.1, -0.05) is 66.2 Å². The van der Waals surface area contributed by atoms with Crippen LogP contribution in [0.3, 0.4) is 0 Å². The number of nitrogens with one attached hydrogen (secondary N) is 2. The van der Waals surface area contributed by atoms with Crippen LogP contribution < -0.4 is 10.6 Å². The number of fused-ring (bicyclic) bond motifs is 1. The van der Waals surface area contributed by atoms with E-state index in [-0.39, 0.29) is 0 Å². The summed E-state index contributed by atoms with van der Waals surface area (Å²) in [6, 6.07) is 22.6. The average Bonchev–Trinajstić information content (AvgIpc) is 3.08. The van der Waals surface area contributed by atoms with Gasteiger partial charge in [0.25, 0.3) is 0 Å². The van der Waals surface area contributed by atoms with E-state index in [1.807, 2.05) is 30.3 Å². The van der Waals surface area contributed by atoms with E-state index in [0.717, 1.165) is 16.5 Å². The molecule has 3 aromatic carbocycles. The van der Waals surface area contributed by atoms with Crippen molar-refractivity contribution in [1.29, 1.82) is 0 Å². The van der Waals surface area contributed by atoms with Gasteiger partial charge in [-0.3, -0.25) is 5.32 Å². The maximum atomic E-state index is 5.43. The van der Waals surface area contributed by atoms with E-state index in [2.05, 4.69) is 64.0 Å². The minimum absolute atomic E-state index is 0.458. The Morgan fingerprint density at radius 2 is 1.81 bits per heavy atom. The standard InChI is InChI=1S/C21H19N5S/c1-15-6-4-7-16(12-15)13-26-14-22-20(25-26)24-21(27)23-19-11-5-9-17-8-2-3-10-18(17)19/h2-12,14H,13H2,1H3,(H2,23,24,25,27). The molecule has 0 saturated carbocycles. The number of rotatable bonds is 4. The Kier molecular flexibility index (Phi) is 4.80. The summed E-state index contributed by atoms with van der Waals surface area (Å²) in [5.41, 5.74) is 3.36. The van der Waals surface area contributed by atoms with E-state index < -0.39 is 0 Å². The number of hydrogen-bond donors (Lipinski definition) is 2. The van der Waals surface area contributed by atoms with Gasteiger partial charge in [-0.15, -0.1) is 5.10 Å². The molecule has 0 spiro atoms. The molecule has 4 rings (SSSR count). The highest BCUT2D eigenvalue weighted by Crippen LogP contribution is 2.23. The van der Waals surface area contributed by atoms with Crippen molar-refractivity contribution in [2.24, 2.45) is 0 Å². The molecule has 0 aliphatic heterocycles. The zero-order valence-electron chi connectivity index (χ0n) is 14.9. The molecule has 27 heavy (non-hydrogen) atoms. The number of anilines is 2. The van der Waals surface area contributed by atoms with Crippen molar-refractivity contribution in [3.8, 4) is 0 Å². The van der Waals surface area contributed by atoms with Crippen molar-refractivity contribution in [2.45, 2.75) is 13.5 Å². The highest BCUT2D eigenvalue weighted by Gasteiger charge is 2.06. The molecule has 1 aromatic heterocycles. The number of nitrogens with zero attached hydrogens (tertiary/aromatic N) is 3. The molecule has 0 amide bonds. The van der Waals surface area contributed by atoms with Crippen molar-refractivity contribution < 1.29 is 0 Å². The number of benzene rings is 3. The van der Waals surface area contributed by atoms with Gasteiger partial charge in [0.1, 0.15) is 6.33 Å². The highest BCUT2D eigenvalue weighted by molar-refractivity contribution is 7.80. The molecule has 0 unspecified atom stereocenters. The fourth-order valence-corrected chi connectivity index (χ4v) is 3.22. The fraction of sp³-hybridized carbons (Fsp3) is 0.0952. The normalized spacial score (nSPS) is 10.7. The quantitative estimate of drug-likeness (QED) is 0.512. The summed E-state index contributed by atoms with van der Waals surface area (Å²) in [6.45, 7) is 2.75. The van der Waals surface area contributed by atoms with Crippen LogP contribution in [0, 0.1) is 6.92 Å². The SMILES string of the molecule is Cc1cccc(Cn2cnc(NC(=S)Nc3cccc4ccccc34)n2)c1. The lowest BCUT2D eigenvalue weighted by molar-refractivity contribution is 0.687. The van der Waals surface area contributed by atoms with Gasteiger partial charge in [0, 0.05) is 11.1 Å². The molecular weight excluding hydrogens is 354 g/mol. The molecule has 5 nitrogen and oxygen atoms in total. The Morgan fingerprint density at radius 3 is 2.70 bits per heavy atom. The van der Waals surface area contributed by atoms with Gasteiger partial charge in [0.05, 0.1) is 6.54 Å². The van der Waals surface area contributed by atoms with Gasteiger partial charge in [0.15, 0.2) is 5.11 Å². The van der Waals surface area contributed by atoms with Crippen LogP contribution >= 0.6 is 12.2 Å². The Morgan fingerprint density at radius 1 is 1.00 bits per heavy atom. The lowest BCUT2D eigenvalue weighted by atomic mass is 10.1. The van der Waals surface area contributed by atoms with Gasteiger partial charge in [0.2, 0.25) is 5.95 Å². The molecule has 1 heterocycles. The van der Waals surface area contributed by atoms with Gasteiger partial charge in [-0.25, -0.2) is 9.67 Å². The van der Waals surface area contributed by atoms with Gasteiger partial charge in [-0.05, 0) is 36.2 Å². The number of aryl methyl sites for hydroxylation is 1. The van der Waals surface area contributed by atoms with Crippen LogP contribution in [0.1, 0.15) is 11.1 Å². The Labute approximate surface area is 163 Å². The minimum Gasteiger partial charge on any atom is -0.332 e. The molecule has 134 valence electrons. The van der Waals surface area contributed by atoms with Crippen LogP contribution in [0.2, 0.25) is 0 Å². The predicted molar refractivity (Wildman–Crippen MR) is 114 cm³/mol.